The highest BCUT2D eigenvalue weighted by atomic mass is 35.5. The number of benzene rings is 1. The number of hydrogen-bond acceptors (Lipinski definition) is 6. The first-order valence-corrected chi connectivity index (χ1v) is 7.83. The lowest BCUT2D eigenvalue weighted by Crippen LogP contribution is -2.22. The van der Waals surface area contributed by atoms with Gasteiger partial charge in [0.25, 0.3) is 0 Å². The molecule has 3 unspecified atom stereocenters. The molecule has 1 aliphatic carbocycles. The van der Waals surface area contributed by atoms with E-state index in [2.05, 4.69) is 0 Å². The molecule has 1 saturated carbocycles. The summed E-state index contributed by atoms with van der Waals surface area (Å²) in [6.07, 6.45) is 0.937. The van der Waals surface area contributed by atoms with Crippen LogP contribution in [-0.4, -0.2) is 24.0 Å². The van der Waals surface area contributed by atoms with E-state index in [1.165, 1.54) is 26.2 Å². The van der Waals surface area contributed by atoms with Gasteiger partial charge in [-0.2, -0.15) is 0 Å². The van der Waals surface area contributed by atoms with E-state index in [1.807, 2.05) is 0 Å². The standard InChI is InChI=1S/C17H15ClO6/c1-8(19)23-9(2)24-17(21)13-7-12(13)15(20)11-5-10-3-4-22-16(10)14(18)6-11/h3-6,9,12-13H,7H2,1-2H3. The van der Waals surface area contributed by atoms with Gasteiger partial charge in [0.2, 0.25) is 6.29 Å². The lowest BCUT2D eigenvalue weighted by Gasteiger charge is -2.12. The second-order valence-electron chi connectivity index (χ2n) is 5.72. The second-order valence-corrected chi connectivity index (χ2v) is 6.13. The molecule has 0 radical (unpaired) electrons. The number of furan rings is 1. The van der Waals surface area contributed by atoms with Gasteiger partial charge in [-0.15, -0.1) is 0 Å². The average Bonchev–Trinajstić information content (AvgIpc) is 3.15. The van der Waals surface area contributed by atoms with E-state index in [0.29, 0.717) is 22.6 Å². The average molecular weight is 351 g/mol. The lowest BCUT2D eigenvalue weighted by molar-refractivity contribution is -0.184. The summed E-state index contributed by atoms with van der Waals surface area (Å²) in [6.45, 7) is 2.68. The smallest absolute Gasteiger partial charge is 0.312 e. The van der Waals surface area contributed by atoms with E-state index >= 15 is 0 Å². The van der Waals surface area contributed by atoms with Crippen LogP contribution in [0.4, 0.5) is 0 Å². The van der Waals surface area contributed by atoms with Crippen LogP contribution >= 0.6 is 11.6 Å². The minimum absolute atomic E-state index is 0.165. The molecule has 6 nitrogen and oxygen atoms in total. The summed E-state index contributed by atoms with van der Waals surface area (Å²) in [7, 11) is 0. The maximum Gasteiger partial charge on any atom is 0.312 e. The number of rotatable bonds is 5. The van der Waals surface area contributed by atoms with E-state index in [4.69, 9.17) is 25.5 Å². The van der Waals surface area contributed by atoms with Crippen molar-refractivity contribution >= 4 is 40.3 Å². The predicted molar refractivity (Wildman–Crippen MR) is 84.5 cm³/mol. The topological polar surface area (TPSA) is 82.8 Å². The van der Waals surface area contributed by atoms with Crippen LogP contribution in [0, 0.1) is 11.8 Å². The molecular formula is C17H15ClO6. The first-order chi connectivity index (χ1) is 11.4. The summed E-state index contributed by atoms with van der Waals surface area (Å²) >= 11 is 6.10. The Labute approximate surface area is 142 Å². The highest BCUT2D eigenvalue weighted by Crippen LogP contribution is 2.43. The molecule has 3 atom stereocenters. The van der Waals surface area contributed by atoms with Crippen molar-refractivity contribution < 1.29 is 28.3 Å². The number of halogens is 1. The molecule has 1 aromatic carbocycles. The summed E-state index contributed by atoms with van der Waals surface area (Å²) in [5, 5.41) is 1.08. The molecule has 3 rings (SSSR count). The number of fused-ring (bicyclic) bond motifs is 1. The van der Waals surface area contributed by atoms with Gasteiger partial charge in [-0.25, -0.2) is 0 Å². The summed E-state index contributed by atoms with van der Waals surface area (Å²) in [5.41, 5.74) is 0.956. The molecule has 0 aliphatic heterocycles. The number of ketones is 1. The van der Waals surface area contributed by atoms with Gasteiger partial charge in [0, 0.05) is 30.7 Å². The van der Waals surface area contributed by atoms with Crippen molar-refractivity contribution in [1.29, 1.82) is 0 Å². The van der Waals surface area contributed by atoms with Crippen molar-refractivity contribution in [1.82, 2.24) is 0 Å². The van der Waals surface area contributed by atoms with Crippen LogP contribution in [-0.2, 0) is 19.1 Å². The number of esters is 2. The molecule has 0 saturated heterocycles. The Morgan fingerprint density at radius 1 is 1.25 bits per heavy atom. The quantitative estimate of drug-likeness (QED) is 0.467. The molecule has 126 valence electrons. The van der Waals surface area contributed by atoms with Crippen LogP contribution in [0.25, 0.3) is 11.0 Å². The van der Waals surface area contributed by atoms with E-state index in [1.54, 1.807) is 12.1 Å². The van der Waals surface area contributed by atoms with Crippen molar-refractivity contribution in [2.45, 2.75) is 26.6 Å². The number of carbonyl (C=O) groups excluding carboxylic acids is 3. The van der Waals surface area contributed by atoms with E-state index in [0.717, 1.165) is 5.39 Å². The van der Waals surface area contributed by atoms with Crippen molar-refractivity contribution in [3.63, 3.8) is 0 Å². The van der Waals surface area contributed by atoms with Crippen molar-refractivity contribution in [2.24, 2.45) is 11.8 Å². The third-order valence-corrected chi connectivity index (χ3v) is 4.12. The summed E-state index contributed by atoms with van der Waals surface area (Å²) in [4.78, 5) is 35.3. The number of hydrogen-bond donors (Lipinski definition) is 0. The SMILES string of the molecule is CC(=O)OC(C)OC(=O)C1CC1C(=O)c1cc(Cl)c2occc2c1. The van der Waals surface area contributed by atoms with E-state index in [-0.39, 0.29) is 5.78 Å². The highest BCUT2D eigenvalue weighted by Gasteiger charge is 2.49. The Morgan fingerprint density at radius 2 is 2.00 bits per heavy atom. The fraction of sp³-hybridized carbons (Fsp3) is 0.353. The fourth-order valence-corrected chi connectivity index (χ4v) is 2.92. The number of ether oxygens (including phenoxy) is 2. The zero-order valence-electron chi connectivity index (χ0n) is 13.1. The predicted octanol–water partition coefficient (Wildman–Crippen LogP) is 3.36. The molecular weight excluding hydrogens is 336 g/mol. The highest BCUT2D eigenvalue weighted by molar-refractivity contribution is 6.35. The Hall–Kier alpha value is -2.34. The van der Waals surface area contributed by atoms with Gasteiger partial charge in [0.15, 0.2) is 11.4 Å². The minimum Gasteiger partial charge on any atom is -0.463 e. The number of carbonyl (C=O) groups is 3. The van der Waals surface area contributed by atoms with Gasteiger partial charge < -0.3 is 13.9 Å². The van der Waals surface area contributed by atoms with Crippen molar-refractivity contribution in [3.05, 3.63) is 35.0 Å². The molecule has 1 aromatic heterocycles. The third kappa shape index (κ3) is 3.28. The summed E-state index contributed by atoms with van der Waals surface area (Å²) in [6, 6.07) is 4.95. The van der Waals surface area contributed by atoms with E-state index in [9.17, 15) is 14.4 Å². The second kappa shape index (κ2) is 6.28. The van der Waals surface area contributed by atoms with Crippen LogP contribution in [0.15, 0.2) is 28.9 Å². The van der Waals surface area contributed by atoms with Crippen LogP contribution in [0.5, 0.6) is 0 Å². The molecule has 2 aromatic rings. The summed E-state index contributed by atoms with van der Waals surface area (Å²) < 4.78 is 15.0. The van der Waals surface area contributed by atoms with Crippen LogP contribution < -0.4 is 0 Å². The molecule has 0 amide bonds. The van der Waals surface area contributed by atoms with Gasteiger partial charge in [-0.05, 0) is 24.6 Å². The molecule has 0 spiro atoms. The zero-order valence-corrected chi connectivity index (χ0v) is 13.8. The van der Waals surface area contributed by atoms with Crippen LogP contribution in [0.1, 0.15) is 30.6 Å². The molecule has 1 heterocycles. The number of Topliss-reactive ketones (excluding diaryl/α,β-unsaturated/α-hetero) is 1. The zero-order chi connectivity index (χ0) is 17.4. The van der Waals surface area contributed by atoms with Crippen molar-refractivity contribution in [2.75, 3.05) is 0 Å². The Bertz CT molecular complexity index is 824. The molecule has 7 heteroatoms. The molecule has 1 aliphatic rings. The van der Waals surface area contributed by atoms with Gasteiger partial charge in [0.05, 0.1) is 17.2 Å². The Morgan fingerprint density at radius 3 is 2.71 bits per heavy atom. The largest absolute Gasteiger partial charge is 0.463 e. The van der Waals surface area contributed by atoms with Crippen LogP contribution in [0.2, 0.25) is 5.02 Å². The van der Waals surface area contributed by atoms with Gasteiger partial charge in [0.1, 0.15) is 0 Å². The first kappa shape index (κ1) is 16.5. The van der Waals surface area contributed by atoms with Crippen molar-refractivity contribution in [3.8, 4) is 0 Å². The summed E-state index contributed by atoms with van der Waals surface area (Å²) in [5.74, 6) is -2.21. The molecule has 24 heavy (non-hydrogen) atoms. The molecule has 0 bridgehead atoms. The maximum atomic E-state index is 12.5. The normalized spacial score (nSPS) is 20.5. The molecule has 1 fully saturated rings. The van der Waals surface area contributed by atoms with E-state index < -0.39 is 30.1 Å². The third-order valence-electron chi connectivity index (χ3n) is 3.83. The minimum atomic E-state index is -0.969. The Kier molecular flexibility index (Phi) is 4.32. The van der Waals surface area contributed by atoms with Gasteiger partial charge in [-0.1, -0.05) is 11.6 Å². The molecule has 0 N–H and O–H groups in total. The first-order valence-electron chi connectivity index (χ1n) is 7.45. The monoisotopic (exact) mass is 350 g/mol. The Balaban J connectivity index is 1.66. The lowest BCUT2D eigenvalue weighted by atomic mass is 10.0. The maximum absolute atomic E-state index is 12.5. The van der Waals surface area contributed by atoms with Gasteiger partial charge in [-0.3, -0.25) is 14.4 Å². The van der Waals surface area contributed by atoms with Crippen LogP contribution in [0.3, 0.4) is 0 Å². The van der Waals surface area contributed by atoms with Gasteiger partial charge >= 0.3 is 11.9 Å². The fourth-order valence-electron chi connectivity index (χ4n) is 2.65.